The molecule has 2 rings (SSSR count). The molecule has 0 bridgehead atoms. The molecular weight excluding hydrogens is 264 g/mol. The van der Waals surface area contributed by atoms with Crippen molar-refractivity contribution >= 4 is 28.5 Å². The molecule has 0 amide bonds. The molecular formula is C14H17ClN2O2. The first-order valence-corrected chi connectivity index (χ1v) is 6.51. The lowest BCUT2D eigenvalue weighted by Crippen LogP contribution is -2.28. The van der Waals surface area contributed by atoms with E-state index in [-0.39, 0.29) is 5.97 Å². The Kier molecular flexibility index (Phi) is 3.54. The van der Waals surface area contributed by atoms with E-state index in [0.29, 0.717) is 5.15 Å². The molecule has 2 heterocycles. The number of fused-ring (bicyclic) bond motifs is 1. The van der Waals surface area contributed by atoms with Crippen LogP contribution in [0, 0.1) is 0 Å². The number of hydrogen-bond acceptors (Lipinski definition) is 3. The van der Waals surface area contributed by atoms with Crippen molar-refractivity contribution in [1.82, 2.24) is 9.55 Å². The Morgan fingerprint density at radius 2 is 2.11 bits per heavy atom. The van der Waals surface area contributed by atoms with Gasteiger partial charge in [-0.25, -0.2) is 9.78 Å². The van der Waals surface area contributed by atoms with Crippen molar-refractivity contribution in [3.63, 3.8) is 0 Å². The summed E-state index contributed by atoms with van der Waals surface area (Å²) < 4.78 is 7.24. The average Bonchev–Trinajstić information content (AvgIpc) is 2.71. The zero-order valence-corrected chi connectivity index (χ0v) is 12.2. The van der Waals surface area contributed by atoms with E-state index < -0.39 is 11.6 Å². The molecule has 0 N–H and O–H groups in total. The third-order valence-corrected chi connectivity index (χ3v) is 3.06. The molecule has 0 aliphatic carbocycles. The molecule has 4 nitrogen and oxygen atoms in total. The first kappa shape index (κ1) is 13.9. The molecule has 5 heteroatoms. The second-order valence-corrected chi connectivity index (χ2v) is 5.83. The minimum atomic E-state index is -0.493. The minimum Gasteiger partial charge on any atom is -0.458 e. The van der Waals surface area contributed by atoms with E-state index >= 15 is 0 Å². The lowest BCUT2D eigenvalue weighted by atomic mass is 10.2. The van der Waals surface area contributed by atoms with Gasteiger partial charge in [0.25, 0.3) is 0 Å². The first-order valence-electron chi connectivity index (χ1n) is 6.13. The molecule has 1 unspecified atom stereocenters. The first-order chi connectivity index (χ1) is 8.79. The molecule has 19 heavy (non-hydrogen) atoms. The van der Waals surface area contributed by atoms with Gasteiger partial charge in [-0.05, 0) is 39.8 Å². The van der Waals surface area contributed by atoms with Crippen LogP contribution in [0.4, 0.5) is 0 Å². The Balaban J connectivity index is 2.34. The molecule has 0 aliphatic heterocycles. The average molecular weight is 281 g/mol. The predicted octanol–water partition coefficient (Wildman–Crippen LogP) is 3.59. The normalized spacial score (nSPS) is 13.5. The molecule has 0 fully saturated rings. The van der Waals surface area contributed by atoms with E-state index in [2.05, 4.69) is 4.98 Å². The summed E-state index contributed by atoms with van der Waals surface area (Å²) in [4.78, 5) is 16.1. The molecule has 0 aliphatic rings. The number of ether oxygens (including phenoxy) is 1. The van der Waals surface area contributed by atoms with Crippen LogP contribution in [0.1, 0.15) is 33.7 Å². The molecule has 0 saturated carbocycles. The highest BCUT2D eigenvalue weighted by Gasteiger charge is 2.23. The molecule has 0 spiro atoms. The van der Waals surface area contributed by atoms with Gasteiger partial charge in [0.1, 0.15) is 16.8 Å². The largest absolute Gasteiger partial charge is 0.458 e. The highest BCUT2D eigenvalue weighted by Crippen LogP contribution is 2.26. The van der Waals surface area contributed by atoms with Crippen molar-refractivity contribution < 1.29 is 9.53 Å². The number of aromatic nitrogens is 2. The Bertz CT molecular complexity index is 613. The van der Waals surface area contributed by atoms with E-state index in [9.17, 15) is 4.79 Å². The van der Waals surface area contributed by atoms with Gasteiger partial charge in [0, 0.05) is 17.8 Å². The number of esters is 1. The van der Waals surface area contributed by atoms with Crippen molar-refractivity contribution in [3.05, 3.63) is 29.7 Å². The summed E-state index contributed by atoms with van der Waals surface area (Å²) in [5.74, 6) is -0.266. The number of rotatable bonds is 2. The van der Waals surface area contributed by atoms with E-state index in [0.717, 1.165) is 10.9 Å². The number of hydrogen-bond donors (Lipinski definition) is 0. The van der Waals surface area contributed by atoms with E-state index in [1.165, 1.54) is 0 Å². The Labute approximate surface area is 117 Å². The third-order valence-electron chi connectivity index (χ3n) is 2.76. The van der Waals surface area contributed by atoms with Crippen LogP contribution in [0.5, 0.6) is 0 Å². The van der Waals surface area contributed by atoms with Gasteiger partial charge in [0.15, 0.2) is 0 Å². The highest BCUT2D eigenvalue weighted by atomic mass is 35.5. The lowest BCUT2D eigenvalue weighted by Gasteiger charge is -2.23. The highest BCUT2D eigenvalue weighted by molar-refractivity contribution is 6.34. The predicted molar refractivity (Wildman–Crippen MR) is 75.3 cm³/mol. The van der Waals surface area contributed by atoms with Crippen molar-refractivity contribution in [2.45, 2.75) is 39.3 Å². The van der Waals surface area contributed by atoms with Gasteiger partial charge in [0.05, 0.1) is 5.52 Å². The number of carbonyl (C=O) groups is 1. The van der Waals surface area contributed by atoms with Crippen molar-refractivity contribution in [3.8, 4) is 0 Å². The molecule has 102 valence electrons. The molecule has 2 aromatic heterocycles. The molecule has 0 saturated heterocycles. The van der Waals surface area contributed by atoms with Gasteiger partial charge in [-0.1, -0.05) is 11.6 Å². The fourth-order valence-corrected chi connectivity index (χ4v) is 2.11. The summed E-state index contributed by atoms with van der Waals surface area (Å²) in [5.41, 5.74) is 0.381. The topological polar surface area (TPSA) is 44.1 Å². The third kappa shape index (κ3) is 2.89. The van der Waals surface area contributed by atoms with Crippen molar-refractivity contribution in [2.24, 2.45) is 0 Å². The minimum absolute atomic E-state index is 0.266. The summed E-state index contributed by atoms with van der Waals surface area (Å²) >= 11 is 6.02. The second-order valence-electron chi connectivity index (χ2n) is 5.47. The summed E-state index contributed by atoms with van der Waals surface area (Å²) in [6.07, 6.45) is 3.45. The maximum Gasteiger partial charge on any atom is 0.329 e. The standard InChI is InChI=1S/C14H17ClN2O2/c1-9(13(18)19-14(2,3)4)17-8-6-10-11(17)5-7-16-12(10)15/h5-9H,1-4H3. The van der Waals surface area contributed by atoms with Crippen LogP contribution >= 0.6 is 11.6 Å². The Morgan fingerprint density at radius 3 is 2.74 bits per heavy atom. The monoisotopic (exact) mass is 280 g/mol. The number of halogens is 1. The quantitative estimate of drug-likeness (QED) is 0.624. The molecule has 0 aromatic carbocycles. The molecule has 0 radical (unpaired) electrons. The van der Waals surface area contributed by atoms with Gasteiger partial charge in [-0.15, -0.1) is 0 Å². The van der Waals surface area contributed by atoms with Gasteiger partial charge < -0.3 is 9.30 Å². The van der Waals surface area contributed by atoms with Gasteiger partial charge >= 0.3 is 5.97 Å². The number of pyridine rings is 1. The van der Waals surface area contributed by atoms with E-state index in [1.54, 1.807) is 6.20 Å². The van der Waals surface area contributed by atoms with Crippen LogP contribution in [0.2, 0.25) is 5.15 Å². The second kappa shape index (κ2) is 4.85. The SMILES string of the molecule is CC(C(=O)OC(C)(C)C)n1ccc2c(Cl)nccc21. The van der Waals surface area contributed by atoms with Crippen LogP contribution < -0.4 is 0 Å². The lowest BCUT2D eigenvalue weighted by molar-refractivity contribution is -0.158. The summed E-state index contributed by atoms with van der Waals surface area (Å²) in [7, 11) is 0. The zero-order valence-electron chi connectivity index (χ0n) is 11.5. The Hall–Kier alpha value is -1.55. The van der Waals surface area contributed by atoms with Gasteiger partial charge in [-0.2, -0.15) is 0 Å². The van der Waals surface area contributed by atoms with Crippen molar-refractivity contribution in [1.29, 1.82) is 0 Å². The maximum absolute atomic E-state index is 12.1. The molecule has 1 atom stereocenters. The fourth-order valence-electron chi connectivity index (χ4n) is 1.89. The van der Waals surface area contributed by atoms with Crippen LogP contribution in [-0.4, -0.2) is 21.1 Å². The number of nitrogens with zero attached hydrogens (tertiary/aromatic N) is 2. The van der Waals surface area contributed by atoms with Gasteiger partial charge in [0.2, 0.25) is 0 Å². The Morgan fingerprint density at radius 1 is 1.42 bits per heavy atom. The van der Waals surface area contributed by atoms with Crippen LogP contribution in [0.25, 0.3) is 10.9 Å². The fraction of sp³-hybridized carbons (Fsp3) is 0.429. The maximum atomic E-state index is 12.1. The van der Waals surface area contributed by atoms with Crippen molar-refractivity contribution in [2.75, 3.05) is 0 Å². The van der Waals surface area contributed by atoms with Gasteiger partial charge in [-0.3, -0.25) is 0 Å². The molecule has 2 aromatic rings. The van der Waals surface area contributed by atoms with Crippen LogP contribution in [-0.2, 0) is 9.53 Å². The summed E-state index contributed by atoms with van der Waals surface area (Å²) in [6.45, 7) is 7.37. The summed E-state index contributed by atoms with van der Waals surface area (Å²) in [6, 6.07) is 3.28. The zero-order chi connectivity index (χ0) is 14.2. The van der Waals surface area contributed by atoms with Crippen LogP contribution in [0.3, 0.4) is 0 Å². The summed E-state index contributed by atoms with van der Waals surface area (Å²) in [5, 5.41) is 1.27. The van der Waals surface area contributed by atoms with E-state index in [1.807, 2.05) is 50.6 Å². The van der Waals surface area contributed by atoms with Crippen LogP contribution in [0.15, 0.2) is 24.5 Å². The van der Waals surface area contributed by atoms with E-state index in [4.69, 9.17) is 16.3 Å². The smallest absolute Gasteiger partial charge is 0.329 e. The number of carbonyl (C=O) groups excluding carboxylic acids is 1.